The molecular weight excluding hydrogens is 533 g/mol. The van der Waals surface area contributed by atoms with Crippen LogP contribution in [0.1, 0.15) is 22.8 Å². The number of carboxylic acids is 1. The molecule has 0 radical (unpaired) electrons. The number of aromatic nitrogens is 2. The number of nitrogens with zero attached hydrogens (tertiary/aromatic N) is 4. The van der Waals surface area contributed by atoms with Gasteiger partial charge in [0, 0.05) is 38.1 Å². The monoisotopic (exact) mass is 560 g/mol. The van der Waals surface area contributed by atoms with Crippen molar-refractivity contribution in [1.82, 2.24) is 14.9 Å². The number of nitrogen functional groups attached to an aromatic ring is 1. The second-order valence-electron chi connectivity index (χ2n) is 8.64. The number of aliphatic carboxylic acids is 1. The lowest BCUT2D eigenvalue weighted by Crippen LogP contribution is -2.54. The first-order valence-electron chi connectivity index (χ1n) is 12.0. The number of carbonyl (C=O) groups is 3. The Hall–Kier alpha value is -4.88. The highest BCUT2D eigenvalue weighted by Crippen LogP contribution is 2.19. The Bertz CT molecular complexity index is 1310. The van der Waals surface area contributed by atoms with Crippen LogP contribution in [0.25, 0.3) is 0 Å². The zero-order chi connectivity index (χ0) is 29.3. The van der Waals surface area contributed by atoms with Gasteiger partial charge in [-0.1, -0.05) is 42.5 Å². The maximum Gasteiger partial charge on any atom is 0.490 e. The lowest BCUT2D eigenvalue weighted by molar-refractivity contribution is -0.192. The standard InChI is InChI=1S/C24H26N6O3.C2HF3O2/c1-17-15-29(11-12-30(17)24(32)33-16-18-7-3-2-4-8-18)23-26-13-19(14-27-23)22(31)28-21-10-6-5-9-20(21)25;3-2(4,5)1(6)7/h2-10,13-14,17H,11-12,15-16,25H2,1H3,(H,28,31);(H,6,7)/t17-;/m0./s1. The van der Waals surface area contributed by atoms with Crippen molar-refractivity contribution in [2.45, 2.75) is 25.7 Å². The molecule has 212 valence electrons. The van der Waals surface area contributed by atoms with Crippen LogP contribution < -0.4 is 16.0 Å². The van der Waals surface area contributed by atoms with Crippen LogP contribution in [0, 0.1) is 0 Å². The van der Waals surface area contributed by atoms with E-state index in [2.05, 4.69) is 15.3 Å². The van der Waals surface area contributed by atoms with E-state index in [0.717, 1.165) is 5.56 Å². The highest BCUT2D eigenvalue weighted by atomic mass is 19.4. The number of piperazine rings is 1. The Balaban J connectivity index is 0.000000559. The van der Waals surface area contributed by atoms with E-state index in [4.69, 9.17) is 20.4 Å². The van der Waals surface area contributed by atoms with Gasteiger partial charge in [-0.05, 0) is 24.6 Å². The number of hydrogen-bond donors (Lipinski definition) is 3. The third-order valence-corrected chi connectivity index (χ3v) is 5.70. The summed E-state index contributed by atoms with van der Waals surface area (Å²) in [4.78, 5) is 46.3. The number of nitrogens with one attached hydrogen (secondary N) is 1. The molecule has 1 aromatic heterocycles. The first kappa shape index (κ1) is 29.7. The Kier molecular flexibility index (Phi) is 9.84. The summed E-state index contributed by atoms with van der Waals surface area (Å²) in [6, 6.07) is 16.6. The number of carbonyl (C=O) groups excluding carboxylic acids is 2. The topological polar surface area (TPSA) is 151 Å². The molecule has 0 bridgehead atoms. The van der Waals surface area contributed by atoms with E-state index in [0.29, 0.717) is 42.5 Å². The zero-order valence-corrected chi connectivity index (χ0v) is 21.3. The smallest absolute Gasteiger partial charge is 0.475 e. The van der Waals surface area contributed by atoms with Gasteiger partial charge in [0.05, 0.1) is 16.9 Å². The van der Waals surface area contributed by atoms with E-state index < -0.39 is 12.1 Å². The molecule has 11 nitrogen and oxygen atoms in total. The number of alkyl halides is 3. The molecule has 14 heteroatoms. The molecule has 0 spiro atoms. The van der Waals surface area contributed by atoms with Crippen LogP contribution in [0.4, 0.5) is 35.3 Å². The molecule has 2 aromatic carbocycles. The Morgan fingerprint density at radius 3 is 2.23 bits per heavy atom. The van der Waals surface area contributed by atoms with Gasteiger partial charge in [0.25, 0.3) is 5.91 Å². The van der Waals surface area contributed by atoms with Crippen molar-refractivity contribution in [3.8, 4) is 0 Å². The molecule has 2 heterocycles. The first-order chi connectivity index (χ1) is 19.0. The molecule has 0 aliphatic carbocycles. The summed E-state index contributed by atoms with van der Waals surface area (Å²) in [5.41, 5.74) is 8.17. The molecule has 40 heavy (non-hydrogen) atoms. The van der Waals surface area contributed by atoms with Crippen LogP contribution in [-0.2, 0) is 16.1 Å². The largest absolute Gasteiger partial charge is 0.490 e. The van der Waals surface area contributed by atoms with E-state index in [1.54, 1.807) is 29.2 Å². The summed E-state index contributed by atoms with van der Waals surface area (Å²) < 4.78 is 37.2. The zero-order valence-electron chi connectivity index (χ0n) is 21.3. The van der Waals surface area contributed by atoms with Crippen molar-refractivity contribution in [1.29, 1.82) is 0 Å². The number of hydrogen-bond acceptors (Lipinski definition) is 8. The van der Waals surface area contributed by atoms with Crippen LogP contribution in [0.15, 0.2) is 67.0 Å². The summed E-state index contributed by atoms with van der Waals surface area (Å²) in [5.74, 6) is -2.58. The molecule has 4 N–H and O–H groups in total. The number of rotatable bonds is 5. The van der Waals surface area contributed by atoms with E-state index in [1.165, 1.54) is 12.4 Å². The fourth-order valence-electron chi connectivity index (χ4n) is 3.62. The average molecular weight is 561 g/mol. The lowest BCUT2D eigenvalue weighted by Gasteiger charge is -2.39. The van der Waals surface area contributed by atoms with Crippen LogP contribution >= 0.6 is 0 Å². The second-order valence-corrected chi connectivity index (χ2v) is 8.64. The summed E-state index contributed by atoms with van der Waals surface area (Å²) in [5, 5.41) is 9.88. The van der Waals surface area contributed by atoms with Crippen molar-refractivity contribution in [2.75, 3.05) is 35.6 Å². The molecule has 1 fully saturated rings. The minimum Gasteiger partial charge on any atom is -0.475 e. The van der Waals surface area contributed by atoms with Gasteiger partial charge in [-0.2, -0.15) is 13.2 Å². The molecule has 1 aliphatic heterocycles. The number of anilines is 3. The summed E-state index contributed by atoms with van der Waals surface area (Å²) in [6.45, 7) is 3.83. The normalized spacial score (nSPS) is 14.9. The van der Waals surface area contributed by atoms with E-state index in [-0.39, 0.29) is 24.6 Å². The molecule has 3 aromatic rings. The highest BCUT2D eigenvalue weighted by Gasteiger charge is 2.38. The summed E-state index contributed by atoms with van der Waals surface area (Å²) in [7, 11) is 0. The molecule has 0 saturated carbocycles. The quantitative estimate of drug-likeness (QED) is 0.396. The van der Waals surface area contributed by atoms with Crippen LogP contribution in [0.3, 0.4) is 0 Å². The number of carboxylic acid groups (broad SMARTS) is 1. The first-order valence-corrected chi connectivity index (χ1v) is 12.0. The molecular formula is C26H27F3N6O5. The lowest BCUT2D eigenvalue weighted by atomic mass is 10.2. The van der Waals surface area contributed by atoms with E-state index >= 15 is 0 Å². The summed E-state index contributed by atoms with van der Waals surface area (Å²) >= 11 is 0. The second kappa shape index (κ2) is 13.3. The van der Waals surface area contributed by atoms with Gasteiger partial charge in [0.15, 0.2) is 0 Å². The van der Waals surface area contributed by atoms with Gasteiger partial charge < -0.3 is 30.7 Å². The van der Waals surface area contributed by atoms with Gasteiger partial charge >= 0.3 is 18.2 Å². The highest BCUT2D eigenvalue weighted by molar-refractivity contribution is 6.05. The van der Waals surface area contributed by atoms with Crippen molar-refractivity contribution < 1.29 is 37.4 Å². The molecule has 0 unspecified atom stereocenters. The molecule has 1 aliphatic rings. The van der Waals surface area contributed by atoms with Gasteiger partial charge in [-0.3, -0.25) is 4.79 Å². The minimum absolute atomic E-state index is 0.0744. The number of halogens is 3. The Morgan fingerprint density at radius 1 is 1.05 bits per heavy atom. The van der Waals surface area contributed by atoms with Gasteiger partial charge in [-0.15, -0.1) is 0 Å². The van der Waals surface area contributed by atoms with Crippen molar-refractivity contribution in [2.24, 2.45) is 0 Å². The molecule has 4 rings (SSSR count). The third kappa shape index (κ3) is 8.31. The fraction of sp³-hybridized carbons (Fsp3) is 0.269. The fourth-order valence-corrected chi connectivity index (χ4v) is 3.62. The van der Waals surface area contributed by atoms with Crippen LogP contribution in [-0.4, -0.2) is 69.8 Å². The van der Waals surface area contributed by atoms with Crippen molar-refractivity contribution >= 4 is 35.3 Å². The molecule has 2 amide bonds. The molecule has 1 atom stereocenters. The predicted molar refractivity (Wildman–Crippen MR) is 140 cm³/mol. The number of benzene rings is 2. The number of nitrogens with two attached hydrogens (primary N) is 1. The predicted octanol–water partition coefficient (Wildman–Crippen LogP) is 3.79. The van der Waals surface area contributed by atoms with Crippen molar-refractivity contribution in [3.63, 3.8) is 0 Å². The molecule has 1 saturated heterocycles. The Labute approximate surface area is 227 Å². The number of para-hydroxylation sites is 2. The van der Waals surface area contributed by atoms with Crippen LogP contribution in [0.2, 0.25) is 0 Å². The van der Waals surface area contributed by atoms with Gasteiger partial charge in [0.2, 0.25) is 5.95 Å². The van der Waals surface area contributed by atoms with E-state index in [1.807, 2.05) is 42.2 Å². The van der Waals surface area contributed by atoms with Gasteiger partial charge in [0.1, 0.15) is 6.61 Å². The van der Waals surface area contributed by atoms with Crippen LogP contribution in [0.5, 0.6) is 0 Å². The van der Waals surface area contributed by atoms with E-state index in [9.17, 15) is 22.8 Å². The third-order valence-electron chi connectivity index (χ3n) is 5.70. The van der Waals surface area contributed by atoms with Gasteiger partial charge in [-0.25, -0.2) is 19.6 Å². The number of amides is 2. The SMILES string of the molecule is C[C@H]1CN(c2ncc(C(=O)Nc3ccccc3N)cn2)CCN1C(=O)OCc1ccccc1.O=C(O)C(F)(F)F. The maximum atomic E-state index is 12.5. The minimum atomic E-state index is -5.08. The number of ether oxygens (including phenoxy) is 1. The van der Waals surface area contributed by atoms with Crippen molar-refractivity contribution in [3.05, 3.63) is 78.1 Å². The summed E-state index contributed by atoms with van der Waals surface area (Å²) in [6.07, 6.45) is -2.44. The average Bonchev–Trinajstić information content (AvgIpc) is 2.93. The maximum absolute atomic E-state index is 12.5. The Morgan fingerprint density at radius 2 is 1.65 bits per heavy atom.